The lowest BCUT2D eigenvalue weighted by Gasteiger charge is -2.44. The Morgan fingerprint density at radius 3 is 2.07 bits per heavy atom. The van der Waals surface area contributed by atoms with Gasteiger partial charge in [-0.25, -0.2) is 9.59 Å². The van der Waals surface area contributed by atoms with E-state index in [0.29, 0.717) is 30.8 Å². The normalized spacial score (nSPS) is 23.1. The van der Waals surface area contributed by atoms with Gasteiger partial charge in [0.15, 0.2) is 6.10 Å². The van der Waals surface area contributed by atoms with E-state index in [1.54, 1.807) is 34.1 Å². The smallest absolute Gasteiger partial charge is 0.410 e. The van der Waals surface area contributed by atoms with Gasteiger partial charge in [-0.3, -0.25) is 9.59 Å². The molecule has 9 nitrogen and oxygen atoms in total. The summed E-state index contributed by atoms with van der Waals surface area (Å²) in [7, 11) is 0. The number of piperidine rings is 1. The number of rotatable bonds is 8. The van der Waals surface area contributed by atoms with E-state index < -0.39 is 41.5 Å². The molecule has 3 aromatic carbocycles. The molecule has 3 aliphatic heterocycles. The van der Waals surface area contributed by atoms with Crippen molar-refractivity contribution < 1.29 is 33.4 Å². The van der Waals surface area contributed by atoms with Gasteiger partial charge in [-0.2, -0.15) is 0 Å². The monoisotopic (exact) mass is 608 g/mol. The Kier molecular flexibility index (Phi) is 8.43. The fourth-order valence-electron chi connectivity index (χ4n) is 6.27. The van der Waals surface area contributed by atoms with Gasteiger partial charge in [0.05, 0.1) is 17.5 Å². The molecule has 45 heavy (non-hydrogen) atoms. The highest BCUT2D eigenvalue weighted by atomic mass is 16.6. The van der Waals surface area contributed by atoms with Crippen LogP contribution >= 0.6 is 0 Å². The van der Waals surface area contributed by atoms with Crippen LogP contribution in [0, 0.1) is 17.3 Å². The van der Waals surface area contributed by atoms with E-state index in [0.717, 1.165) is 11.1 Å². The summed E-state index contributed by atoms with van der Waals surface area (Å²) in [6, 6.07) is 25.0. The molecular weight excluding hydrogens is 572 g/mol. The van der Waals surface area contributed by atoms with Gasteiger partial charge >= 0.3 is 18.0 Å². The van der Waals surface area contributed by atoms with Crippen LogP contribution in [0.4, 0.5) is 10.5 Å². The lowest BCUT2D eigenvalue weighted by Crippen LogP contribution is -2.56. The Hall–Kier alpha value is -4.92. The second-order valence-electron chi connectivity index (χ2n) is 12.5. The van der Waals surface area contributed by atoms with Crippen LogP contribution in [0.15, 0.2) is 97.1 Å². The molecule has 232 valence electrons. The van der Waals surface area contributed by atoms with Gasteiger partial charge in [-0.05, 0) is 47.7 Å². The second-order valence-corrected chi connectivity index (χ2v) is 12.5. The lowest BCUT2D eigenvalue weighted by molar-refractivity contribution is -0.166. The molecule has 0 saturated carbocycles. The summed E-state index contributed by atoms with van der Waals surface area (Å²) in [5, 5.41) is 0. The Balaban J connectivity index is 1.08. The average molecular weight is 609 g/mol. The van der Waals surface area contributed by atoms with Crippen LogP contribution in [0.1, 0.15) is 41.8 Å². The van der Waals surface area contributed by atoms with Gasteiger partial charge in [0, 0.05) is 24.2 Å². The van der Waals surface area contributed by atoms with Crippen molar-refractivity contribution in [2.75, 3.05) is 18.0 Å². The maximum absolute atomic E-state index is 13.6. The Bertz CT molecular complexity index is 1590. The SMILES string of the molecule is CC1(C)CN(c2ccc(C(=O)OCc3ccccc3)cc2)C(=O)[C@@H]1OC(=O)[C@H]1C[C@@H]2C=C[C@H]1N(C(=O)OCc1ccccc1)C2. The molecule has 7 rings (SSSR count). The summed E-state index contributed by atoms with van der Waals surface area (Å²) in [5.41, 5.74) is 2.07. The first-order valence-corrected chi connectivity index (χ1v) is 15.2. The highest BCUT2D eigenvalue weighted by Gasteiger charge is 2.52. The van der Waals surface area contributed by atoms with E-state index in [1.807, 2.05) is 86.7 Å². The molecule has 2 fully saturated rings. The third-order valence-corrected chi connectivity index (χ3v) is 8.71. The molecule has 2 amide bonds. The van der Waals surface area contributed by atoms with Crippen LogP contribution in [0.5, 0.6) is 0 Å². The van der Waals surface area contributed by atoms with Crippen LogP contribution in [-0.2, 0) is 37.0 Å². The van der Waals surface area contributed by atoms with Gasteiger partial charge in [-0.1, -0.05) is 86.7 Å². The third kappa shape index (κ3) is 6.48. The van der Waals surface area contributed by atoms with Crippen LogP contribution in [-0.4, -0.2) is 54.1 Å². The van der Waals surface area contributed by atoms with Crippen LogP contribution in [0.2, 0.25) is 0 Å². The average Bonchev–Trinajstić information content (AvgIpc) is 3.30. The summed E-state index contributed by atoms with van der Waals surface area (Å²) in [4.78, 5) is 56.0. The van der Waals surface area contributed by atoms with Crippen molar-refractivity contribution in [3.63, 3.8) is 0 Å². The van der Waals surface area contributed by atoms with Gasteiger partial charge in [0.25, 0.3) is 5.91 Å². The predicted octanol–water partition coefficient (Wildman–Crippen LogP) is 5.54. The maximum Gasteiger partial charge on any atom is 0.410 e. The molecule has 0 aromatic heterocycles. The number of fused-ring (bicyclic) bond motifs is 2. The molecule has 9 heteroatoms. The summed E-state index contributed by atoms with van der Waals surface area (Å²) in [6.07, 6.45) is 2.96. The number of anilines is 1. The van der Waals surface area contributed by atoms with E-state index in [2.05, 4.69) is 0 Å². The number of carbonyl (C=O) groups is 4. The molecule has 1 aliphatic carbocycles. The van der Waals surface area contributed by atoms with Crippen LogP contribution in [0.3, 0.4) is 0 Å². The van der Waals surface area contributed by atoms with E-state index in [1.165, 1.54) is 0 Å². The quantitative estimate of drug-likeness (QED) is 0.188. The zero-order valence-corrected chi connectivity index (χ0v) is 25.3. The number of hydrogen-bond acceptors (Lipinski definition) is 7. The summed E-state index contributed by atoms with van der Waals surface area (Å²) >= 11 is 0. The van der Waals surface area contributed by atoms with Crippen molar-refractivity contribution in [3.05, 3.63) is 114 Å². The number of nitrogens with zero attached hydrogens (tertiary/aromatic N) is 2. The number of carbonyl (C=O) groups excluding carboxylic acids is 4. The van der Waals surface area contributed by atoms with Gasteiger partial charge in [-0.15, -0.1) is 0 Å². The summed E-state index contributed by atoms with van der Waals surface area (Å²) in [6.45, 7) is 4.88. The molecule has 2 saturated heterocycles. The Labute approximate surface area is 262 Å². The first-order valence-electron chi connectivity index (χ1n) is 15.2. The van der Waals surface area contributed by atoms with Crippen LogP contribution < -0.4 is 4.90 Å². The number of amides is 2. The molecule has 3 aromatic rings. The largest absolute Gasteiger partial charge is 0.457 e. The molecule has 4 atom stereocenters. The van der Waals surface area contributed by atoms with E-state index >= 15 is 0 Å². The molecule has 0 spiro atoms. The second kappa shape index (κ2) is 12.6. The van der Waals surface area contributed by atoms with E-state index in [4.69, 9.17) is 14.2 Å². The number of ether oxygens (including phenoxy) is 3. The molecule has 0 unspecified atom stereocenters. The first-order chi connectivity index (χ1) is 21.7. The number of benzene rings is 3. The minimum Gasteiger partial charge on any atom is -0.457 e. The topological polar surface area (TPSA) is 102 Å². The van der Waals surface area contributed by atoms with Crippen molar-refractivity contribution in [2.45, 2.75) is 45.6 Å². The van der Waals surface area contributed by atoms with Crippen molar-refractivity contribution in [1.82, 2.24) is 4.90 Å². The minimum absolute atomic E-state index is 0.00138. The lowest BCUT2D eigenvalue weighted by atomic mass is 9.77. The fraction of sp³-hybridized carbons (Fsp3) is 0.333. The Morgan fingerprint density at radius 2 is 1.44 bits per heavy atom. The standard InChI is InChI=1S/C36H36N2O7/c1-36(2)23-38(28-16-14-27(15-17-28)33(40)43-21-24-9-5-3-6-10-24)32(39)31(36)45-34(41)29-19-26-13-18-30(29)37(20-26)35(42)44-22-25-11-7-4-8-12-25/h3-18,26,29-31H,19-23H2,1-2H3/t26-,29-,30+,31-/m0/s1. The van der Waals surface area contributed by atoms with Gasteiger partial charge in [0.1, 0.15) is 13.2 Å². The van der Waals surface area contributed by atoms with E-state index in [-0.39, 0.29) is 25.0 Å². The zero-order valence-electron chi connectivity index (χ0n) is 25.3. The highest BCUT2D eigenvalue weighted by Crippen LogP contribution is 2.40. The zero-order chi connectivity index (χ0) is 31.6. The first kappa shape index (κ1) is 30.1. The van der Waals surface area contributed by atoms with Crippen molar-refractivity contribution >= 4 is 29.6 Å². The minimum atomic E-state index is -0.997. The predicted molar refractivity (Wildman–Crippen MR) is 166 cm³/mol. The van der Waals surface area contributed by atoms with Crippen molar-refractivity contribution in [3.8, 4) is 0 Å². The molecule has 3 heterocycles. The Morgan fingerprint density at radius 1 is 0.822 bits per heavy atom. The highest BCUT2D eigenvalue weighted by molar-refractivity contribution is 6.01. The van der Waals surface area contributed by atoms with Gasteiger partial charge in [0.2, 0.25) is 0 Å². The molecular formula is C36H36N2O7. The molecule has 0 radical (unpaired) electrons. The molecule has 2 bridgehead atoms. The molecule has 0 N–H and O–H groups in total. The third-order valence-electron chi connectivity index (χ3n) is 8.71. The van der Waals surface area contributed by atoms with Crippen LogP contribution in [0.25, 0.3) is 0 Å². The van der Waals surface area contributed by atoms with Crippen molar-refractivity contribution in [2.24, 2.45) is 17.3 Å². The maximum atomic E-state index is 13.6. The summed E-state index contributed by atoms with van der Waals surface area (Å²) in [5.74, 6) is -1.89. The van der Waals surface area contributed by atoms with Crippen molar-refractivity contribution in [1.29, 1.82) is 0 Å². The number of esters is 2. The number of hydrogen-bond donors (Lipinski definition) is 0. The molecule has 4 aliphatic rings. The van der Waals surface area contributed by atoms with E-state index in [9.17, 15) is 19.2 Å². The fourth-order valence-corrected chi connectivity index (χ4v) is 6.27. The summed E-state index contributed by atoms with van der Waals surface area (Å²) < 4.78 is 16.9. The van der Waals surface area contributed by atoms with Gasteiger partial charge < -0.3 is 24.0 Å².